The summed E-state index contributed by atoms with van der Waals surface area (Å²) in [5.41, 5.74) is -0.644. The van der Waals surface area contributed by atoms with E-state index < -0.39 is 34.4 Å². The second-order valence-corrected chi connectivity index (χ2v) is 4.44. The Morgan fingerprint density at radius 3 is 2.71 bits per heavy atom. The Labute approximate surface area is 118 Å². The molecule has 3 N–H and O–H groups in total. The summed E-state index contributed by atoms with van der Waals surface area (Å²) in [6, 6.07) is 2.56. The van der Waals surface area contributed by atoms with E-state index in [-0.39, 0.29) is 24.1 Å². The van der Waals surface area contributed by atoms with Crippen molar-refractivity contribution in [1.29, 1.82) is 0 Å². The van der Waals surface area contributed by atoms with Crippen LogP contribution in [0.25, 0.3) is 0 Å². The first-order chi connectivity index (χ1) is 9.88. The maximum absolute atomic E-state index is 11.6. The number of amides is 2. The number of nitrogens with zero attached hydrogens (tertiary/aromatic N) is 1. The molecule has 0 radical (unpaired) electrons. The zero-order valence-corrected chi connectivity index (χ0v) is 10.7. The van der Waals surface area contributed by atoms with Crippen LogP contribution in [0.1, 0.15) is 23.2 Å². The summed E-state index contributed by atoms with van der Waals surface area (Å²) in [6.45, 7) is 0. The van der Waals surface area contributed by atoms with Gasteiger partial charge in [0, 0.05) is 12.5 Å². The van der Waals surface area contributed by atoms with Gasteiger partial charge in [-0.25, -0.2) is 4.79 Å². The van der Waals surface area contributed by atoms with Crippen molar-refractivity contribution in [3.63, 3.8) is 0 Å². The van der Waals surface area contributed by atoms with Crippen molar-refractivity contribution in [2.75, 3.05) is 5.32 Å². The van der Waals surface area contributed by atoms with Gasteiger partial charge < -0.3 is 10.4 Å². The highest BCUT2D eigenvalue weighted by Crippen LogP contribution is 2.27. The smallest absolute Gasteiger partial charge is 0.335 e. The van der Waals surface area contributed by atoms with E-state index in [0.29, 0.717) is 0 Å². The fraction of sp³-hybridized carbons (Fsp3) is 0.250. The van der Waals surface area contributed by atoms with E-state index in [1.807, 2.05) is 0 Å². The fourth-order valence-corrected chi connectivity index (χ4v) is 1.96. The number of aromatic carboxylic acids is 1. The molecule has 1 aliphatic rings. The highest BCUT2D eigenvalue weighted by atomic mass is 16.6. The van der Waals surface area contributed by atoms with Crippen molar-refractivity contribution in [3.05, 3.63) is 33.9 Å². The van der Waals surface area contributed by atoms with Crippen molar-refractivity contribution in [1.82, 2.24) is 5.32 Å². The Morgan fingerprint density at radius 2 is 2.14 bits per heavy atom. The minimum Gasteiger partial charge on any atom is -0.478 e. The van der Waals surface area contributed by atoms with Crippen molar-refractivity contribution >= 4 is 29.2 Å². The number of piperidine rings is 1. The molecule has 1 aromatic carbocycles. The molecule has 0 saturated carbocycles. The van der Waals surface area contributed by atoms with E-state index in [1.165, 1.54) is 12.1 Å². The lowest BCUT2D eigenvalue weighted by atomic mass is 10.1. The van der Waals surface area contributed by atoms with Crippen molar-refractivity contribution in [3.8, 4) is 0 Å². The minimum absolute atomic E-state index is 0.0273. The number of carbonyl (C=O) groups excluding carboxylic acids is 2. The first kappa shape index (κ1) is 14.4. The van der Waals surface area contributed by atoms with E-state index in [9.17, 15) is 24.5 Å². The first-order valence-corrected chi connectivity index (χ1v) is 6.00. The first-order valence-electron chi connectivity index (χ1n) is 6.00. The highest BCUT2D eigenvalue weighted by molar-refractivity contribution is 6.01. The Kier molecular flexibility index (Phi) is 3.83. The van der Waals surface area contributed by atoms with Crippen LogP contribution in [0.3, 0.4) is 0 Å². The SMILES string of the molecule is O=C1CCC(Nc2ccc(C(=O)O)cc2[N+](=O)[O-])C(=O)N1. The standard InChI is InChI=1S/C12H11N3O6/c16-10-4-3-8(11(17)14-10)13-7-2-1-6(12(18)19)5-9(7)15(20)21/h1-2,5,8,13H,3-4H2,(H,18,19)(H,14,16,17). The van der Waals surface area contributed by atoms with Gasteiger partial charge in [-0.3, -0.25) is 25.0 Å². The minimum atomic E-state index is -1.29. The van der Waals surface area contributed by atoms with Crippen molar-refractivity contribution in [2.24, 2.45) is 0 Å². The maximum Gasteiger partial charge on any atom is 0.335 e. The molecule has 2 amide bonds. The second-order valence-electron chi connectivity index (χ2n) is 4.44. The second kappa shape index (κ2) is 5.57. The molecule has 1 saturated heterocycles. The summed E-state index contributed by atoms with van der Waals surface area (Å²) < 4.78 is 0. The number of nitro benzene ring substituents is 1. The quantitative estimate of drug-likeness (QED) is 0.417. The molecule has 1 aliphatic heterocycles. The number of hydrogen-bond donors (Lipinski definition) is 3. The monoisotopic (exact) mass is 293 g/mol. The third kappa shape index (κ3) is 3.14. The van der Waals surface area contributed by atoms with Crippen LogP contribution in [0.15, 0.2) is 18.2 Å². The van der Waals surface area contributed by atoms with Crippen LogP contribution in [0.4, 0.5) is 11.4 Å². The van der Waals surface area contributed by atoms with Crippen molar-refractivity contribution < 1.29 is 24.4 Å². The van der Waals surface area contributed by atoms with Gasteiger partial charge in [0.25, 0.3) is 5.69 Å². The van der Waals surface area contributed by atoms with Gasteiger partial charge in [0.1, 0.15) is 11.7 Å². The van der Waals surface area contributed by atoms with Gasteiger partial charge in [-0.15, -0.1) is 0 Å². The molecule has 0 aliphatic carbocycles. The Hall–Kier alpha value is -2.97. The molecule has 9 heteroatoms. The molecule has 0 spiro atoms. The van der Waals surface area contributed by atoms with Gasteiger partial charge >= 0.3 is 5.97 Å². The molecule has 1 fully saturated rings. The number of imide groups is 1. The van der Waals surface area contributed by atoms with Gasteiger partial charge in [-0.2, -0.15) is 0 Å². The predicted octanol–water partition coefficient (Wildman–Crippen LogP) is 0.510. The molecule has 110 valence electrons. The van der Waals surface area contributed by atoms with E-state index in [2.05, 4.69) is 10.6 Å². The molecule has 0 bridgehead atoms. The topological polar surface area (TPSA) is 139 Å². The fourth-order valence-electron chi connectivity index (χ4n) is 1.96. The number of anilines is 1. The molecule has 0 aromatic heterocycles. The summed E-state index contributed by atoms with van der Waals surface area (Å²) in [6.07, 6.45) is 0.340. The summed E-state index contributed by atoms with van der Waals surface area (Å²) >= 11 is 0. The van der Waals surface area contributed by atoms with Gasteiger partial charge in [0.2, 0.25) is 11.8 Å². The molecule has 1 atom stereocenters. The van der Waals surface area contributed by atoms with Crippen LogP contribution in [-0.2, 0) is 9.59 Å². The van der Waals surface area contributed by atoms with Gasteiger partial charge in [-0.05, 0) is 18.6 Å². The third-order valence-electron chi connectivity index (χ3n) is 3.01. The zero-order valence-electron chi connectivity index (χ0n) is 10.7. The van der Waals surface area contributed by atoms with Crippen LogP contribution in [-0.4, -0.2) is 33.9 Å². The molecule has 1 heterocycles. The zero-order chi connectivity index (χ0) is 15.6. The van der Waals surface area contributed by atoms with Gasteiger partial charge in [-0.1, -0.05) is 0 Å². The number of nitro groups is 1. The predicted molar refractivity (Wildman–Crippen MR) is 69.9 cm³/mol. The highest BCUT2D eigenvalue weighted by Gasteiger charge is 2.28. The lowest BCUT2D eigenvalue weighted by molar-refractivity contribution is -0.384. The van der Waals surface area contributed by atoms with Crippen LogP contribution in [0.2, 0.25) is 0 Å². The molecular formula is C12H11N3O6. The Morgan fingerprint density at radius 1 is 1.43 bits per heavy atom. The molecular weight excluding hydrogens is 282 g/mol. The molecule has 1 unspecified atom stereocenters. The number of benzene rings is 1. The number of nitrogens with one attached hydrogen (secondary N) is 2. The number of carbonyl (C=O) groups is 3. The number of hydrogen-bond acceptors (Lipinski definition) is 6. The summed E-state index contributed by atoms with van der Waals surface area (Å²) in [7, 11) is 0. The normalized spacial score (nSPS) is 18.0. The van der Waals surface area contributed by atoms with Gasteiger partial charge in [0.15, 0.2) is 0 Å². The molecule has 1 aromatic rings. The molecule has 2 rings (SSSR count). The molecule has 9 nitrogen and oxygen atoms in total. The van der Waals surface area contributed by atoms with Gasteiger partial charge in [0.05, 0.1) is 10.5 Å². The average molecular weight is 293 g/mol. The van der Waals surface area contributed by atoms with Crippen LogP contribution in [0, 0.1) is 10.1 Å². The number of carboxylic acids is 1. The average Bonchev–Trinajstić information content (AvgIpc) is 2.41. The summed E-state index contributed by atoms with van der Waals surface area (Å²) in [5, 5.41) is 24.6. The van der Waals surface area contributed by atoms with E-state index in [1.54, 1.807) is 0 Å². The summed E-state index contributed by atoms with van der Waals surface area (Å²) in [4.78, 5) is 43.7. The molecule has 21 heavy (non-hydrogen) atoms. The van der Waals surface area contributed by atoms with Crippen LogP contribution in [0.5, 0.6) is 0 Å². The van der Waals surface area contributed by atoms with E-state index >= 15 is 0 Å². The lowest BCUT2D eigenvalue weighted by Crippen LogP contribution is -2.47. The Balaban J connectivity index is 2.27. The van der Waals surface area contributed by atoms with Crippen LogP contribution >= 0.6 is 0 Å². The lowest BCUT2D eigenvalue weighted by Gasteiger charge is -2.22. The number of carboxylic acid groups (broad SMARTS) is 1. The van der Waals surface area contributed by atoms with Crippen molar-refractivity contribution in [2.45, 2.75) is 18.9 Å². The largest absolute Gasteiger partial charge is 0.478 e. The Bertz CT molecular complexity index is 642. The van der Waals surface area contributed by atoms with E-state index in [4.69, 9.17) is 5.11 Å². The van der Waals surface area contributed by atoms with Crippen LogP contribution < -0.4 is 10.6 Å². The van der Waals surface area contributed by atoms with E-state index in [0.717, 1.165) is 6.07 Å². The third-order valence-corrected chi connectivity index (χ3v) is 3.01. The maximum atomic E-state index is 11.6. The number of rotatable bonds is 4. The summed E-state index contributed by atoms with van der Waals surface area (Å²) in [5.74, 6) is -2.25.